The Bertz CT molecular complexity index is 3050. The monoisotopic (exact) mass is 802 g/mol. The van der Waals surface area contributed by atoms with Gasteiger partial charge in [-0.15, -0.1) is 22.7 Å². The standard InChI is InChI=1S/C50H31BrN2S2/c51-36-27-41(52(37-19-17-32-9-1-3-11-34(32)25-37)39-21-23-49-45(30-39)43-13-5-7-15-47(43)54-49)29-42(28-36)53(38-20-18-33-10-2-4-12-35(33)26-38)40-22-24-50-46(31-40)44-14-6-8-16-48(44)55-50/h1-31H. The molecule has 0 atom stereocenters. The molecule has 0 bridgehead atoms. The molecule has 0 saturated carbocycles. The lowest BCUT2D eigenvalue weighted by molar-refractivity contribution is 1.25. The quantitative estimate of drug-likeness (QED) is 0.165. The second-order valence-electron chi connectivity index (χ2n) is 14.0. The minimum absolute atomic E-state index is 1.00. The minimum atomic E-state index is 1.00. The summed E-state index contributed by atoms with van der Waals surface area (Å²) >= 11 is 7.70. The average Bonchev–Trinajstić information content (AvgIpc) is 3.79. The van der Waals surface area contributed by atoms with Crippen molar-refractivity contribution in [1.29, 1.82) is 0 Å². The zero-order valence-corrected chi connectivity index (χ0v) is 32.7. The van der Waals surface area contributed by atoms with Crippen LogP contribution in [0.4, 0.5) is 34.1 Å². The summed E-state index contributed by atoms with van der Waals surface area (Å²) in [6.07, 6.45) is 0. The van der Waals surface area contributed by atoms with E-state index in [1.807, 2.05) is 22.7 Å². The number of nitrogens with zero attached hydrogens (tertiary/aromatic N) is 2. The smallest absolute Gasteiger partial charge is 0.0493 e. The van der Waals surface area contributed by atoms with Crippen LogP contribution in [0, 0.1) is 0 Å². The lowest BCUT2D eigenvalue weighted by Crippen LogP contribution is -2.13. The maximum atomic E-state index is 4.00. The van der Waals surface area contributed by atoms with Gasteiger partial charge in [-0.05, 0) is 113 Å². The highest BCUT2D eigenvalue weighted by atomic mass is 79.9. The molecule has 0 fully saturated rings. The summed E-state index contributed by atoms with van der Waals surface area (Å²) in [6, 6.07) is 68.9. The van der Waals surface area contributed by atoms with Gasteiger partial charge in [-0.2, -0.15) is 0 Å². The molecular weight excluding hydrogens is 773 g/mol. The van der Waals surface area contributed by atoms with Crippen LogP contribution >= 0.6 is 38.6 Å². The molecule has 2 heterocycles. The molecular formula is C50H31BrN2S2. The number of thiophene rings is 2. The van der Waals surface area contributed by atoms with Crippen LogP contribution in [0.25, 0.3) is 61.9 Å². The lowest BCUT2D eigenvalue weighted by atomic mass is 10.1. The molecule has 0 radical (unpaired) electrons. The van der Waals surface area contributed by atoms with Crippen molar-refractivity contribution >= 4 is 135 Å². The topological polar surface area (TPSA) is 6.48 Å². The molecule has 2 aromatic heterocycles. The van der Waals surface area contributed by atoms with E-state index in [9.17, 15) is 0 Å². The second kappa shape index (κ2) is 13.1. The Kier molecular flexibility index (Phi) is 7.73. The summed E-state index contributed by atoms with van der Waals surface area (Å²) in [4.78, 5) is 4.81. The summed E-state index contributed by atoms with van der Waals surface area (Å²) < 4.78 is 6.19. The van der Waals surface area contributed by atoms with E-state index in [-0.39, 0.29) is 0 Å². The second-order valence-corrected chi connectivity index (χ2v) is 17.0. The average molecular weight is 804 g/mol. The molecule has 0 aliphatic rings. The fourth-order valence-electron chi connectivity index (χ4n) is 8.05. The van der Waals surface area contributed by atoms with E-state index in [2.05, 4.69) is 214 Å². The summed E-state index contributed by atoms with van der Waals surface area (Å²) in [7, 11) is 0. The summed E-state index contributed by atoms with van der Waals surface area (Å²) in [5.41, 5.74) is 6.55. The van der Waals surface area contributed by atoms with Crippen molar-refractivity contribution in [2.45, 2.75) is 0 Å². The van der Waals surface area contributed by atoms with Gasteiger partial charge in [0, 0.05) is 78.9 Å². The number of halogens is 1. The van der Waals surface area contributed by atoms with Gasteiger partial charge in [-0.25, -0.2) is 0 Å². The van der Waals surface area contributed by atoms with Crippen molar-refractivity contribution in [3.05, 3.63) is 193 Å². The first-order valence-electron chi connectivity index (χ1n) is 18.3. The van der Waals surface area contributed by atoms with Gasteiger partial charge in [0.15, 0.2) is 0 Å². The van der Waals surface area contributed by atoms with Crippen LogP contribution < -0.4 is 9.80 Å². The fraction of sp³-hybridized carbons (Fsp3) is 0. The zero-order chi connectivity index (χ0) is 36.5. The van der Waals surface area contributed by atoms with Gasteiger partial charge in [0.25, 0.3) is 0 Å². The van der Waals surface area contributed by atoms with Gasteiger partial charge >= 0.3 is 0 Å². The van der Waals surface area contributed by atoms with E-state index >= 15 is 0 Å². The van der Waals surface area contributed by atoms with E-state index in [1.54, 1.807) is 0 Å². The molecule has 11 aromatic rings. The zero-order valence-electron chi connectivity index (χ0n) is 29.5. The first kappa shape index (κ1) is 32.5. The van der Waals surface area contributed by atoms with E-state index in [1.165, 1.54) is 61.9 Å². The van der Waals surface area contributed by atoms with Gasteiger partial charge in [-0.1, -0.05) is 113 Å². The third-order valence-electron chi connectivity index (χ3n) is 10.6. The Morgan fingerprint density at radius 3 is 1.16 bits per heavy atom. The Labute approximate surface area is 334 Å². The number of anilines is 6. The Morgan fingerprint density at radius 2 is 0.673 bits per heavy atom. The summed E-state index contributed by atoms with van der Waals surface area (Å²) in [5, 5.41) is 9.97. The third kappa shape index (κ3) is 5.66. The van der Waals surface area contributed by atoms with Crippen LogP contribution in [0.3, 0.4) is 0 Å². The van der Waals surface area contributed by atoms with Gasteiger partial charge in [-0.3, -0.25) is 0 Å². The van der Waals surface area contributed by atoms with Crippen LogP contribution in [0.2, 0.25) is 0 Å². The SMILES string of the molecule is Brc1cc(N(c2ccc3ccccc3c2)c2ccc3sc4ccccc4c3c2)cc(N(c2ccc3ccccc3c2)c2ccc3sc4ccccc4c3c2)c1. The van der Waals surface area contributed by atoms with Gasteiger partial charge in [0.2, 0.25) is 0 Å². The van der Waals surface area contributed by atoms with Crippen molar-refractivity contribution in [3.63, 3.8) is 0 Å². The summed E-state index contributed by atoms with van der Waals surface area (Å²) in [5.74, 6) is 0. The molecule has 0 N–H and O–H groups in total. The molecule has 0 aliphatic heterocycles. The van der Waals surface area contributed by atoms with Crippen molar-refractivity contribution in [2.75, 3.05) is 9.80 Å². The highest BCUT2D eigenvalue weighted by molar-refractivity contribution is 9.10. The van der Waals surface area contributed by atoms with Crippen LogP contribution in [0.1, 0.15) is 0 Å². The summed E-state index contributed by atoms with van der Waals surface area (Å²) in [6.45, 7) is 0. The third-order valence-corrected chi connectivity index (χ3v) is 13.4. The predicted octanol–water partition coefficient (Wildman–Crippen LogP) is 16.4. The maximum absolute atomic E-state index is 4.00. The van der Waals surface area contributed by atoms with Gasteiger partial charge in [0.1, 0.15) is 0 Å². The molecule has 0 amide bonds. The predicted molar refractivity (Wildman–Crippen MR) is 244 cm³/mol. The van der Waals surface area contributed by atoms with Crippen LogP contribution in [0.15, 0.2) is 193 Å². The van der Waals surface area contributed by atoms with Crippen LogP contribution in [-0.2, 0) is 0 Å². The van der Waals surface area contributed by atoms with Gasteiger partial charge in [0.05, 0.1) is 0 Å². The normalized spacial score (nSPS) is 11.7. The Balaban J connectivity index is 1.14. The van der Waals surface area contributed by atoms with Gasteiger partial charge < -0.3 is 9.80 Å². The molecule has 2 nitrogen and oxygen atoms in total. The first-order chi connectivity index (χ1) is 27.1. The number of rotatable bonds is 6. The highest BCUT2D eigenvalue weighted by Crippen LogP contribution is 2.46. The van der Waals surface area contributed by atoms with E-state index in [4.69, 9.17) is 0 Å². The molecule has 55 heavy (non-hydrogen) atoms. The molecule has 260 valence electrons. The minimum Gasteiger partial charge on any atom is -0.310 e. The molecule has 5 heteroatoms. The van der Waals surface area contributed by atoms with Crippen LogP contribution in [-0.4, -0.2) is 0 Å². The Hall–Kier alpha value is -5.98. The highest BCUT2D eigenvalue weighted by Gasteiger charge is 2.21. The number of fused-ring (bicyclic) bond motifs is 8. The lowest BCUT2D eigenvalue weighted by Gasteiger charge is -2.30. The van der Waals surface area contributed by atoms with Crippen molar-refractivity contribution < 1.29 is 0 Å². The van der Waals surface area contributed by atoms with Crippen molar-refractivity contribution in [1.82, 2.24) is 0 Å². The number of benzene rings is 9. The largest absolute Gasteiger partial charge is 0.310 e. The molecule has 0 spiro atoms. The molecule has 9 aromatic carbocycles. The molecule has 0 unspecified atom stereocenters. The Morgan fingerprint density at radius 1 is 0.291 bits per heavy atom. The molecule has 0 aliphatic carbocycles. The van der Waals surface area contributed by atoms with Crippen molar-refractivity contribution in [3.8, 4) is 0 Å². The first-order valence-corrected chi connectivity index (χ1v) is 20.8. The van der Waals surface area contributed by atoms with E-state index in [0.717, 1.165) is 38.6 Å². The fourth-order valence-corrected chi connectivity index (χ4v) is 10.7. The van der Waals surface area contributed by atoms with E-state index in [0.29, 0.717) is 0 Å². The number of hydrogen-bond donors (Lipinski definition) is 0. The van der Waals surface area contributed by atoms with Crippen LogP contribution in [0.5, 0.6) is 0 Å². The maximum Gasteiger partial charge on any atom is 0.0493 e. The van der Waals surface area contributed by atoms with Crippen molar-refractivity contribution in [2.24, 2.45) is 0 Å². The molecule has 11 rings (SSSR count). The van der Waals surface area contributed by atoms with E-state index < -0.39 is 0 Å². The molecule has 0 saturated heterocycles. The number of hydrogen-bond acceptors (Lipinski definition) is 4.